The fourth-order valence-corrected chi connectivity index (χ4v) is 3.86. The van der Waals surface area contributed by atoms with Gasteiger partial charge in [-0.25, -0.2) is 0 Å². The summed E-state index contributed by atoms with van der Waals surface area (Å²) in [6.07, 6.45) is 9.09. The molecule has 2 aliphatic rings. The number of ether oxygens (including phenoxy) is 1. The Morgan fingerprint density at radius 1 is 1.21 bits per heavy atom. The Balaban J connectivity index is 1.95. The van der Waals surface area contributed by atoms with E-state index in [0.29, 0.717) is 6.04 Å². The van der Waals surface area contributed by atoms with Crippen molar-refractivity contribution in [1.29, 1.82) is 0 Å². The smallest absolute Gasteiger partial charge is 0.320 e. The molecule has 3 atom stereocenters. The van der Waals surface area contributed by atoms with Gasteiger partial charge in [0.1, 0.15) is 6.04 Å². The van der Waals surface area contributed by atoms with Crippen LogP contribution in [0.15, 0.2) is 0 Å². The summed E-state index contributed by atoms with van der Waals surface area (Å²) >= 11 is 0. The molecule has 1 aliphatic heterocycles. The van der Waals surface area contributed by atoms with Crippen molar-refractivity contribution in [2.45, 2.75) is 63.5 Å². The van der Waals surface area contributed by atoms with Crippen LogP contribution in [0.4, 0.5) is 0 Å². The Morgan fingerprint density at radius 3 is 2.74 bits per heavy atom. The quantitative estimate of drug-likeness (QED) is 0.753. The van der Waals surface area contributed by atoms with Gasteiger partial charge in [0.15, 0.2) is 0 Å². The first kappa shape index (κ1) is 14.8. The van der Waals surface area contributed by atoms with E-state index >= 15 is 0 Å². The van der Waals surface area contributed by atoms with Gasteiger partial charge in [0, 0.05) is 19.8 Å². The fraction of sp³-hybridized carbons (Fsp3) is 0.933. The van der Waals surface area contributed by atoms with Crippen LogP contribution >= 0.6 is 0 Å². The van der Waals surface area contributed by atoms with Crippen LogP contribution in [0.2, 0.25) is 0 Å². The van der Waals surface area contributed by atoms with Crippen molar-refractivity contribution in [2.75, 3.05) is 20.3 Å². The molecule has 1 saturated heterocycles. The molecule has 2 rings (SSSR count). The Hall–Kier alpha value is -0.610. The lowest BCUT2D eigenvalue weighted by Crippen LogP contribution is -2.55. The van der Waals surface area contributed by atoms with E-state index in [4.69, 9.17) is 4.74 Å². The maximum absolute atomic E-state index is 11.5. The Morgan fingerprint density at radius 2 is 2.00 bits per heavy atom. The van der Waals surface area contributed by atoms with Gasteiger partial charge in [0.05, 0.1) is 0 Å². The predicted molar refractivity (Wildman–Crippen MR) is 74.2 cm³/mol. The second-order valence-corrected chi connectivity index (χ2v) is 5.98. The van der Waals surface area contributed by atoms with Crippen molar-refractivity contribution in [3.63, 3.8) is 0 Å². The zero-order valence-corrected chi connectivity index (χ0v) is 12.0. The SMILES string of the molecule is COCCCCN1C(C(=O)O)CCC2CCCCC21. The van der Waals surface area contributed by atoms with Gasteiger partial charge in [-0.05, 0) is 51.0 Å². The normalized spacial score (nSPS) is 31.9. The van der Waals surface area contributed by atoms with Gasteiger partial charge in [-0.15, -0.1) is 0 Å². The standard InChI is InChI=1S/C15H27NO3/c1-19-11-5-4-10-16-13-7-3-2-6-12(13)8-9-14(16)15(17)18/h12-14H,2-11H2,1H3,(H,17,18). The van der Waals surface area contributed by atoms with Gasteiger partial charge in [-0.3, -0.25) is 9.69 Å². The number of piperidine rings is 1. The number of carboxylic acids is 1. The first-order chi connectivity index (χ1) is 9.24. The maximum Gasteiger partial charge on any atom is 0.320 e. The first-order valence-electron chi connectivity index (χ1n) is 7.71. The molecule has 1 N–H and O–H groups in total. The lowest BCUT2D eigenvalue weighted by molar-refractivity contribution is -0.148. The van der Waals surface area contributed by atoms with Crippen LogP contribution < -0.4 is 0 Å². The van der Waals surface area contributed by atoms with E-state index in [1.165, 1.54) is 25.7 Å². The molecule has 4 heteroatoms. The van der Waals surface area contributed by atoms with Crippen LogP contribution in [0, 0.1) is 5.92 Å². The molecule has 0 aromatic rings. The lowest BCUT2D eigenvalue weighted by atomic mass is 9.76. The molecule has 0 aromatic carbocycles. The molecule has 0 radical (unpaired) electrons. The molecule has 1 aliphatic carbocycles. The first-order valence-corrected chi connectivity index (χ1v) is 7.71. The third-order valence-electron chi connectivity index (χ3n) is 4.81. The van der Waals surface area contributed by atoms with Crippen molar-refractivity contribution in [2.24, 2.45) is 5.92 Å². The Kier molecular flexibility index (Phi) is 5.64. The van der Waals surface area contributed by atoms with Crippen LogP contribution in [0.3, 0.4) is 0 Å². The molecule has 0 aromatic heterocycles. The highest BCUT2D eigenvalue weighted by Gasteiger charge is 2.40. The number of fused-ring (bicyclic) bond motifs is 1. The van der Waals surface area contributed by atoms with E-state index in [1.54, 1.807) is 7.11 Å². The summed E-state index contributed by atoms with van der Waals surface area (Å²) in [5.74, 6) is 0.113. The number of rotatable bonds is 6. The number of unbranched alkanes of at least 4 members (excludes halogenated alkanes) is 1. The number of carbonyl (C=O) groups is 1. The number of aliphatic carboxylic acids is 1. The lowest BCUT2D eigenvalue weighted by Gasteiger charge is -2.47. The van der Waals surface area contributed by atoms with Crippen LogP contribution in [0.5, 0.6) is 0 Å². The highest BCUT2D eigenvalue weighted by molar-refractivity contribution is 5.73. The van der Waals surface area contributed by atoms with E-state index < -0.39 is 5.97 Å². The zero-order valence-electron chi connectivity index (χ0n) is 12.0. The molecule has 0 bridgehead atoms. The Labute approximate surface area is 116 Å². The molecule has 1 saturated carbocycles. The second kappa shape index (κ2) is 7.25. The minimum atomic E-state index is -0.629. The van der Waals surface area contributed by atoms with Crippen LogP contribution in [0.25, 0.3) is 0 Å². The average molecular weight is 269 g/mol. The topological polar surface area (TPSA) is 49.8 Å². The number of likely N-dealkylation sites (tertiary alicyclic amines) is 1. The summed E-state index contributed by atoms with van der Waals surface area (Å²) in [5, 5.41) is 9.44. The molecular formula is C15H27NO3. The molecule has 1 heterocycles. The maximum atomic E-state index is 11.5. The molecule has 0 spiro atoms. The van der Waals surface area contributed by atoms with E-state index in [2.05, 4.69) is 4.90 Å². The van der Waals surface area contributed by atoms with Gasteiger partial charge in [0.2, 0.25) is 0 Å². The molecule has 0 amide bonds. The van der Waals surface area contributed by atoms with E-state index in [-0.39, 0.29) is 6.04 Å². The zero-order chi connectivity index (χ0) is 13.7. The minimum Gasteiger partial charge on any atom is -0.480 e. The molecule has 19 heavy (non-hydrogen) atoms. The summed E-state index contributed by atoms with van der Waals surface area (Å²) in [6, 6.07) is 0.271. The summed E-state index contributed by atoms with van der Waals surface area (Å²) in [6.45, 7) is 1.70. The summed E-state index contributed by atoms with van der Waals surface area (Å²) in [7, 11) is 1.72. The number of methoxy groups -OCH3 is 1. The highest BCUT2D eigenvalue weighted by Crippen LogP contribution is 2.38. The number of hydrogen-bond acceptors (Lipinski definition) is 3. The van der Waals surface area contributed by atoms with Gasteiger partial charge >= 0.3 is 5.97 Å². The molecule has 2 fully saturated rings. The minimum absolute atomic E-state index is 0.248. The average Bonchev–Trinajstić information content (AvgIpc) is 2.43. The van der Waals surface area contributed by atoms with E-state index in [9.17, 15) is 9.90 Å². The number of carboxylic acid groups (broad SMARTS) is 1. The van der Waals surface area contributed by atoms with Crippen molar-refractivity contribution in [1.82, 2.24) is 4.90 Å². The third kappa shape index (κ3) is 3.69. The molecular weight excluding hydrogens is 242 g/mol. The van der Waals surface area contributed by atoms with Gasteiger partial charge < -0.3 is 9.84 Å². The van der Waals surface area contributed by atoms with Gasteiger partial charge in [0.25, 0.3) is 0 Å². The number of hydrogen-bond donors (Lipinski definition) is 1. The Bertz CT molecular complexity index is 295. The fourth-order valence-electron chi connectivity index (χ4n) is 3.86. The monoisotopic (exact) mass is 269 g/mol. The van der Waals surface area contributed by atoms with E-state index in [0.717, 1.165) is 44.8 Å². The summed E-state index contributed by atoms with van der Waals surface area (Å²) < 4.78 is 5.08. The third-order valence-corrected chi connectivity index (χ3v) is 4.81. The summed E-state index contributed by atoms with van der Waals surface area (Å²) in [4.78, 5) is 13.8. The van der Waals surface area contributed by atoms with Crippen molar-refractivity contribution < 1.29 is 14.6 Å². The van der Waals surface area contributed by atoms with Gasteiger partial charge in [-0.1, -0.05) is 12.8 Å². The molecule has 3 unspecified atom stereocenters. The largest absolute Gasteiger partial charge is 0.480 e. The van der Waals surface area contributed by atoms with Crippen LogP contribution in [-0.2, 0) is 9.53 Å². The van der Waals surface area contributed by atoms with Crippen molar-refractivity contribution in [3.05, 3.63) is 0 Å². The van der Waals surface area contributed by atoms with Crippen LogP contribution in [0.1, 0.15) is 51.4 Å². The van der Waals surface area contributed by atoms with Crippen molar-refractivity contribution >= 4 is 5.97 Å². The molecule has 110 valence electrons. The highest BCUT2D eigenvalue weighted by atomic mass is 16.5. The van der Waals surface area contributed by atoms with E-state index in [1.807, 2.05) is 0 Å². The predicted octanol–water partition coefficient (Wildman–Crippen LogP) is 2.52. The number of nitrogens with zero attached hydrogens (tertiary/aromatic N) is 1. The summed E-state index contributed by atoms with van der Waals surface area (Å²) in [5.41, 5.74) is 0. The van der Waals surface area contributed by atoms with Crippen LogP contribution in [-0.4, -0.2) is 48.3 Å². The second-order valence-electron chi connectivity index (χ2n) is 5.98. The van der Waals surface area contributed by atoms with Gasteiger partial charge in [-0.2, -0.15) is 0 Å². The molecule has 4 nitrogen and oxygen atoms in total. The van der Waals surface area contributed by atoms with Crippen molar-refractivity contribution in [3.8, 4) is 0 Å².